The maximum atomic E-state index is 12.8. The third-order valence-corrected chi connectivity index (χ3v) is 9.45. The summed E-state index contributed by atoms with van der Waals surface area (Å²) in [4.78, 5) is 15.4. The number of ether oxygens (including phenoxy) is 1. The molecular weight excluding hydrogens is 398 g/mol. The standard InChI is InChI=1S/C28H43NO3/c1-20-11-16-29(17-12-20)19-24-22(13-18-32-24)8-9-23-21(2)7-10-25-27(23,3)14-6-15-28(25,4)26(30)31-5/h13,18,20,23,25H,2,6-12,14-17,19H2,1,3-5H3/t23-,25+,27-,28+/m1/s1. The van der Waals surface area contributed by atoms with E-state index in [2.05, 4.69) is 38.3 Å². The van der Waals surface area contributed by atoms with Crippen LogP contribution in [0.15, 0.2) is 28.9 Å². The van der Waals surface area contributed by atoms with Crippen molar-refractivity contribution in [3.05, 3.63) is 35.8 Å². The summed E-state index contributed by atoms with van der Waals surface area (Å²) in [7, 11) is 1.54. The summed E-state index contributed by atoms with van der Waals surface area (Å²) in [5.74, 6) is 2.79. The minimum atomic E-state index is -0.368. The van der Waals surface area contributed by atoms with Crippen LogP contribution in [0.4, 0.5) is 0 Å². The third kappa shape index (κ3) is 4.32. The molecule has 4 nitrogen and oxygen atoms in total. The van der Waals surface area contributed by atoms with Gasteiger partial charge in [0.05, 0.1) is 25.3 Å². The topological polar surface area (TPSA) is 42.7 Å². The first-order valence-electron chi connectivity index (χ1n) is 12.8. The third-order valence-electron chi connectivity index (χ3n) is 9.45. The molecule has 1 aromatic rings. The van der Waals surface area contributed by atoms with Gasteiger partial charge in [-0.2, -0.15) is 0 Å². The number of aryl methyl sites for hydroxylation is 1. The summed E-state index contributed by atoms with van der Waals surface area (Å²) in [6.07, 6.45) is 11.9. The minimum Gasteiger partial charge on any atom is -0.469 e. The Morgan fingerprint density at radius 1 is 1.25 bits per heavy atom. The number of carbonyl (C=O) groups excluding carboxylic acids is 1. The van der Waals surface area contributed by atoms with Gasteiger partial charge >= 0.3 is 5.97 Å². The maximum Gasteiger partial charge on any atom is 0.311 e. The van der Waals surface area contributed by atoms with Crippen molar-refractivity contribution in [2.45, 2.75) is 85.1 Å². The Hall–Kier alpha value is -1.55. The fraction of sp³-hybridized carbons (Fsp3) is 0.750. The summed E-state index contributed by atoms with van der Waals surface area (Å²) in [5, 5.41) is 0. The largest absolute Gasteiger partial charge is 0.469 e. The van der Waals surface area contributed by atoms with Gasteiger partial charge in [-0.25, -0.2) is 0 Å². The van der Waals surface area contributed by atoms with Gasteiger partial charge in [0, 0.05) is 0 Å². The number of piperidine rings is 1. The number of rotatable bonds is 6. The van der Waals surface area contributed by atoms with Crippen LogP contribution in [-0.2, 0) is 22.5 Å². The van der Waals surface area contributed by atoms with E-state index in [1.807, 2.05) is 6.26 Å². The Labute approximate surface area is 194 Å². The van der Waals surface area contributed by atoms with E-state index in [1.54, 1.807) is 7.11 Å². The maximum absolute atomic E-state index is 12.8. The number of furan rings is 1. The summed E-state index contributed by atoms with van der Waals surface area (Å²) in [6, 6.07) is 2.17. The molecule has 32 heavy (non-hydrogen) atoms. The van der Waals surface area contributed by atoms with E-state index in [4.69, 9.17) is 9.15 Å². The lowest BCUT2D eigenvalue weighted by atomic mass is 9.46. The smallest absolute Gasteiger partial charge is 0.311 e. The molecule has 4 atom stereocenters. The van der Waals surface area contributed by atoms with Crippen molar-refractivity contribution in [1.29, 1.82) is 0 Å². The number of carbonyl (C=O) groups is 1. The molecule has 2 aliphatic carbocycles. The Balaban J connectivity index is 1.47. The lowest BCUT2D eigenvalue weighted by Crippen LogP contribution is -2.53. The Morgan fingerprint density at radius 2 is 2.00 bits per heavy atom. The van der Waals surface area contributed by atoms with Crippen LogP contribution in [0.5, 0.6) is 0 Å². The van der Waals surface area contributed by atoms with Crippen LogP contribution in [0.1, 0.15) is 83.5 Å². The van der Waals surface area contributed by atoms with E-state index in [1.165, 1.54) is 43.5 Å². The second kappa shape index (κ2) is 9.37. The van der Waals surface area contributed by atoms with Crippen LogP contribution in [0.2, 0.25) is 0 Å². The average Bonchev–Trinajstić information content (AvgIpc) is 3.21. The molecule has 0 amide bonds. The Bertz CT molecular complexity index is 820. The summed E-state index contributed by atoms with van der Waals surface area (Å²) < 4.78 is 11.2. The number of nitrogens with zero attached hydrogens (tertiary/aromatic N) is 1. The van der Waals surface area contributed by atoms with Crippen molar-refractivity contribution in [2.24, 2.45) is 28.6 Å². The fourth-order valence-electron chi connectivity index (χ4n) is 7.41. The number of allylic oxidation sites excluding steroid dienone is 1. The Morgan fingerprint density at radius 3 is 2.72 bits per heavy atom. The van der Waals surface area contributed by atoms with Crippen molar-refractivity contribution in [3.8, 4) is 0 Å². The first kappa shape index (κ1) is 23.6. The zero-order valence-electron chi connectivity index (χ0n) is 20.8. The molecule has 3 fully saturated rings. The monoisotopic (exact) mass is 441 g/mol. The zero-order chi connectivity index (χ0) is 22.9. The predicted octanol–water partition coefficient (Wildman–Crippen LogP) is 6.40. The van der Waals surface area contributed by atoms with Gasteiger partial charge in [0.25, 0.3) is 0 Å². The van der Waals surface area contributed by atoms with E-state index in [-0.39, 0.29) is 16.8 Å². The summed E-state index contributed by atoms with van der Waals surface area (Å²) in [6.45, 7) is 14.7. The Kier molecular flexibility index (Phi) is 6.91. The van der Waals surface area contributed by atoms with E-state index >= 15 is 0 Å². The molecule has 0 bridgehead atoms. The minimum absolute atomic E-state index is 0.0207. The summed E-state index contributed by atoms with van der Waals surface area (Å²) in [5.41, 5.74) is 2.48. The normalized spacial score (nSPS) is 34.3. The molecule has 3 aliphatic rings. The highest BCUT2D eigenvalue weighted by Gasteiger charge is 2.57. The van der Waals surface area contributed by atoms with Crippen molar-refractivity contribution in [1.82, 2.24) is 4.90 Å². The first-order valence-corrected chi connectivity index (χ1v) is 12.8. The predicted molar refractivity (Wildman–Crippen MR) is 128 cm³/mol. The highest BCUT2D eigenvalue weighted by Crippen LogP contribution is 2.62. The number of hydrogen-bond donors (Lipinski definition) is 0. The van der Waals surface area contributed by atoms with Gasteiger partial charge in [0.15, 0.2) is 0 Å². The molecule has 0 unspecified atom stereocenters. The zero-order valence-corrected chi connectivity index (χ0v) is 20.8. The fourth-order valence-corrected chi connectivity index (χ4v) is 7.41. The molecule has 4 heteroatoms. The highest BCUT2D eigenvalue weighted by atomic mass is 16.5. The molecule has 1 saturated heterocycles. The lowest BCUT2D eigenvalue weighted by molar-refractivity contribution is -0.168. The SMILES string of the molecule is C=C1CC[C@H]2[C@](C)(CCC[C@]2(C)C(=O)OC)[C@@H]1CCc1ccoc1CN1CCC(C)CC1. The van der Waals surface area contributed by atoms with Gasteiger partial charge in [-0.15, -0.1) is 0 Å². The number of hydrogen-bond acceptors (Lipinski definition) is 4. The van der Waals surface area contributed by atoms with Crippen LogP contribution in [0, 0.1) is 28.6 Å². The number of fused-ring (bicyclic) bond motifs is 1. The molecular formula is C28H43NO3. The van der Waals surface area contributed by atoms with Crippen LogP contribution >= 0.6 is 0 Å². The molecule has 0 spiro atoms. The van der Waals surface area contributed by atoms with Crippen LogP contribution in [-0.4, -0.2) is 31.1 Å². The molecule has 0 aromatic carbocycles. The molecule has 4 rings (SSSR count). The van der Waals surface area contributed by atoms with Crippen molar-refractivity contribution in [3.63, 3.8) is 0 Å². The molecule has 1 aliphatic heterocycles. The number of methoxy groups -OCH3 is 1. The number of likely N-dealkylation sites (tertiary alicyclic amines) is 1. The molecule has 0 N–H and O–H groups in total. The molecule has 2 saturated carbocycles. The molecule has 178 valence electrons. The summed E-state index contributed by atoms with van der Waals surface area (Å²) >= 11 is 0. The van der Waals surface area contributed by atoms with E-state index < -0.39 is 0 Å². The first-order chi connectivity index (χ1) is 15.3. The van der Waals surface area contributed by atoms with Gasteiger partial charge in [0.1, 0.15) is 5.76 Å². The molecule has 1 aromatic heterocycles. The second-order valence-corrected chi connectivity index (χ2v) is 11.4. The van der Waals surface area contributed by atoms with E-state index in [0.717, 1.165) is 56.7 Å². The number of esters is 1. The van der Waals surface area contributed by atoms with Gasteiger partial charge in [-0.3, -0.25) is 9.69 Å². The quantitative estimate of drug-likeness (QED) is 0.379. The van der Waals surface area contributed by atoms with E-state index in [0.29, 0.717) is 11.8 Å². The lowest BCUT2D eigenvalue weighted by Gasteiger charge is -2.57. The second-order valence-electron chi connectivity index (χ2n) is 11.4. The van der Waals surface area contributed by atoms with Crippen LogP contribution < -0.4 is 0 Å². The van der Waals surface area contributed by atoms with Gasteiger partial charge in [-0.05, 0) is 106 Å². The highest BCUT2D eigenvalue weighted by molar-refractivity contribution is 5.77. The van der Waals surface area contributed by atoms with E-state index in [9.17, 15) is 4.79 Å². The van der Waals surface area contributed by atoms with Crippen LogP contribution in [0.3, 0.4) is 0 Å². The molecule has 2 heterocycles. The van der Waals surface area contributed by atoms with Gasteiger partial charge in [0.2, 0.25) is 0 Å². The van der Waals surface area contributed by atoms with Crippen molar-refractivity contribution >= 4 is 5.97 Å². The van der Waals surface area contributed by atoms with Gasteiger partial charge < -0.3 is 9.15 Å². The van der Waals surface area contributed by atoms with Crippen molar-refractivity contribution in [2.75, 3.05) is 20.2 Å². The average molecular weight is 442 g/mol. The molecule has 0 radical (unpaired) electrons. The van der Waals surface area contributed by atoms with Crippen LogP contribution in [0.25, 0.3) is 0 Å². The van der Waals surface area contributed by atoms with Gasteiger partial charge in [-0.1, -0.05) is 32.4 Å². The van der Waals surface area contributed by atoms with Crippen molar-refractivity contribution < 1.29 is 13.9 Å².